The highest BCUT2D eigenvalue weighted by Crippen LogP contribution is 2.31. The number of methoxy groups -OCH3 is 2. The van der Waals surface area contributed by atoms with Gasteiger partial charge in [-0.15, -0.1) is 0 Å². The first-order chi connectivity index (χ1) is 11.5. The highest BCUT2D eigenvalue weighted by atomic mass is 16.5. The van der Waals surface area contributed by atoms with Gasteiger partial charge in [0, 0.05) is 37.0 Å². The van der Waals surface area contributed by atoms with Crippen molar-refractivity contribution in [3.63, 3.8) is 0 Å². The molecule has 0 fully saturated rings. The summed E-state index contributed by atoms with van der Waals surface area (Å²) in [6, 6.07) is 12.0. The van der Waals surface area contributed by atoms with Crippen LogP contribution in [0.15, 0.2) is 42.5 Å². The summed E-state index contributed by atoms with van der Waals surface area (Å²) in [5.41, 5.74) is 1.85. The van der Waals surface area contributed by atoms with E-state index in [1.807, 2.05) is 0 Å². The predicted molar refractivity (Wildman–Crippen MR) is 93.0 cm³/mol. The molecule has 2 aromatic carbocycles. The summed E-state index contributed by atoms with van der Waals surface area (Å²) in [5.74, 6) is 0.825. The molecule has 1 N–H and O–H groups in total. The first-order valence-electron chi connectivity index (χ1n) is 7.34. The van der Waals surface area contributed by atoms with Crippen molar-refractivity contribution in [1.82, 2.24) is 0 Å². The van der Waals surface area contributed by atoms with Gasteiger partial charge in [0.1, 0.15) is 0 Å². The molecule has 0 unspecified atom stereocenters. The molecule has 0 aliphatic rings. The van der Waals surface area contributed by atoms with E-state index in [2.05, 4.69) is 5.32 Å². The Morgan fingerprint density at radius 3 is 2.12 bits per heavy atom. The zero-order valence-corrected chi connectivity index (χ0v) is 14.1. The Morgan fingerprint density at radius 2 is 1.58 bits per heavy atom. The average molecular weight is 328 g/mol. The number of amides is 2. The first-order valence-corrected chi connectivity index (χ1v) is 7.34. The second-order valence-corrected chi connectivity index (χ2v) is 5.16. The van der Waals surface area contributed by atoms with Crippen LogP contribution in [-0.4, -0.2) is 33.1 Å². The largest absolute Gasteiger partial charge is 0.493 e. The molecule has 6 heteroatoms. The molecule has 0 spiro atoms. The van der Waals surface area contributed by atoms with Crippen LogP contribution < -0.4 is 19.7 Å². The van der Waals surface area contributed by atoms with E-state index in [1.54, 1.807) is 63.7 Å². The number of hydrogen-bond acceptors (Lipinski definition) is 4. The summed E-state index contributed by atoms with van der Waals surface area (Å²) in [6.45, 7) is 1.43. The van der Waals surface area contributed by atoms with Crippen molar-refractivity contribution in [3.05, 3.63) is 48.0 Å². The Morgan fingerprint density at radius 1 is 0.958 bits per heavy atom. The predicted octanol–water partition coefficient (Wildman–Crippen LogP) is 2.94. The van der Waals surface area contributed by atoms with Crippen LogP contribution in [0.2, 0.25) is 0 Å². The molecular formula is C18H20N2O4. The van der Waals surface area contributed by atoms with Crippen LogP contribution in [0.1, 0.15) is 17.3 Å². The lowest BCUT2D eigenvalue weighted by Crippen LogP contribution is -2.26. The fourth-order valence-electron chi connectivity index (χ4n) is 2.24. The van der Waals surface area contributed by atoms with Gasteiger partial charge in [-0.25, -0.2) is 0 Å². The third kappa shape index (κ3) is 3.84. The van der Waals surface area contributed by atoms with Gasteiger partial charge in [0.05, 0.1) is 14.2 Å². The van der Waals surface area contributed by atoms with Crippen molar-refractivity contribution < 1.29 is 19.1 Å². The molecule has 2 rings (SSSR count). The molecule has 24 heavy (non-hydrogen) atoms. The van der Waals surface area contributed by atoms with E-state index in [1.165, 1.54) is 11.8 Å². The van der Waals surface area contributed by atoms with E-state index in [-0.39, 0.29) is 11.8 Å². The van der Waals surface area contributed by atoms with Gasteiger partial charge < -0.3 is 19.7 Å². The first kappa shape index (κ1) is 17.3. The van der Waals surface area contributed by atoms with Crippen LogP contribution in [0, 0.1) is 0 Å². The van der Waals surface area contributed by atoms with Crippen LogP contribution in [0.5, 0.6) is 11.5 Å². The Bertz CT molecular complexity index is 741. The Balaban J connectivity index is 2.21. The van der Waals surface area contributed by atoms with Crippen molar-refractivity contribution >= 4 is 23.2 Å². The second-order valence-electron chi connectivity index (χ2n) is 5.16. The van der Waals surface area contributed by atoms with Gasteiger partial charge in [0.2, 0.25) is 5.91 Å². The summed E-state index contributed by atoms with van der Waals surface area (Å²) in [4.78, 5) is 25.2. The van der Waals surface area contributed by atoms with Crippen molar-refractivity contribution in [1.29, 1.82) is 0 Å². The minimum atomic E-state index is -0.170. The molecule has 2 amide bonds. The van der Waals surface area contributed by atoms with Crippen LogP contribution in [0.4, 0.5) is 11.4 Å². The molecular weight excluding hydrogens is 308 g/mol. The number of rotatable bonds is 5. The zero-order chi connectivity index (χ0) is 17.7. The minimum Gasteiger partial charge on any atom is -0.493 e. The smallest absolute Gasteiger partial charge is 0.258 e. The zero-order valence-electron chi connectivity index (χ0n) is 14.1. The number of nitrogens with one attached hydrogen (secondary N) is 1. The highest BCUT2D eigenvalue weighted by Gasteiger charge is 2.15. The number of ether oxygens (including phenoxy) is 2. The topological polar surface area (TPSA) is 67.9 Å². The standard InChI is InChI=1S/C18H20N2O4/c1-12(21)19-14-7-5-13(6-8-14)18(22)20(2)15-9-10-16(23-3)17(11-15)24-4/h5-11H,1-4H3,(H,19,21). The molecule has 2 aromatic rings. The highest BCUT2D eigenvalue weighted by molar-refractivity contribution is 6.06. The van der Waals surface area contributed by atoms with E-state index >= 15 is 0 Å². The Labute approximate surface area is 141 Å². The number of carbonyl (C=O) groups is 2. The number of nitrogens with zero attached hydrogens (tertiary/aromatic N) is 1. The molecule has 126 valence electrons. The van der Waals surface area contributed by atoms with E-state index in [9.17, 15) is 9.59 Å². The summed E-state index contributed by atoms with van der Waals surface area (Å²) >= 11 is 0. The molecule has 0 radical (unpaired) electrons. The summed E-state index contributed by atoms with van der Waals surface area (Å²) in [5, 5.41) is 2.67. The summed E-state index contributed by atoms with van der Waals surface area (Å²) in [6.07, 6.45) is 0. The van der Waals surface area contributed by atoms with Crippen molar-refractivity contribution in [2.75, 3.05) is 31.5 Å². The van der Waals surface area contributed by atoms with Crippen molar-refractivity contribution in [3.8, 4) is 11.5 Å². The Hall–Kier alpha value is -3.02. The Kier molecular flexibility index (Phi) is 5.42. The number of hydrogen-bond donors (Lipinski definition) is 1. The van der Waals surface area contributed by atoms with Gasteiger partial charge in [0.25, 0.3) is 5.91 Å². The lowest BCUT2D eigenvalue weighted by atomic mass is 10.1. The van der Waals surface area contributed by atoms with Crippen molar-refractivity contribution in [2.45, 2.75) is 6.92 Å². The lowest BCUT2D eigenvalue weighted by molar-refractivity contribution is -0.114. The molecule has 0 saturated heterocycles. The number of benzene rings is 2. The fraction of sp³-hybridized carbons (Fsp3) is 0.222. The molecule has 6 nitrogen and oxygen atoms in total. The lowest BCUT2D eigenvalue weighted by Gasteiger charge is -2.19. The van der Waals surface area contributed by atoms with E-state index < -0.39 is 0 Å². The van der Waals surface area contributed by atoms with Gasteiger partial charge in [-0.3, -0.25) is 9.59 Å². The monoisotopic (exact) mass is 328 g/mol. The van der Waals surface area contributed by atoms with Crippen molar-refractivity contribution in [2.24, 2.45) is 0 Å². The van der Waals surface area contributed by atoms with Gasteiger partial charge in [-0.2, -0.15) is 0 Å². The summed E-state index contributed by atoms with van der Waals surface area (Å²) in [7, 11) is 4.79. The number of carbonyl (C=O) groups excluding carboxylic acids is 2. The fourth-order valence-corrected chi connectivity index (χ4v) is 2.24. The minimum absolute atomic E-state index is 0.156. The average Bonchev–Trinajstić information content (AvgIpc) is 2.60. The molecule has 0 saturated carbocycles. The molecule has 0 aliphatic carbocycles. The molecule has 0 bridgehead atoms. The molecule has 0 aromatic heterocycles. The maximum absolute atomic E-state index is 12.6. The maximum Gasteiger partial charge on any atom is 0.258 e. The number of anilines is 2. The summed E-state index contributed by atoms with van der Waals surface area (Å²) < 4.78 is 10.5. The normalized spacial score (nSPS) is 10.0. The van der Waals surface area contributed by atoms with E-state index in [4.69, 9.17) is 9.47 Å². The quantitative estimate of drug-likeness (QED) is 0.916. The molecule has 0 aliphatic heterocycles. The van der Waals surface area contributed by atoms with Gasteiger partial charge >= 0.3 is 0 Å². The maximum atomic E-state index is 12.6. The van der Waals surface area contributed by atoms with Gasteiger partial charge in [0.15, 0.2) is 11.5 Å². The van der Waals surface area contributed by atoms with Crippen LogP contribution in [0.25, 0.3) is 0 Å². The second kappa shape index (κ2) is 7.50. The van der Waals surface area contributed by atoms with E-state index in [0.29, 0.717) is 28.4 Å². The third-order valence-electron chi connectivity index (χ3n) is 3.51. The van der Waals surface area contributed by atoms with E-state index in [0.717, 1.165) is 0 Å². The molecule has 0 atom stereocenters. The van der Waals surface area contributed by atoms with Gasteiger partial charge in [-0.05, 0) is 36.4 Å². The van der Waals surface area contributed by atoms with Crippen LogP contribution >= 0.6 is 0 Å². The SMILES string of the molecule is COc1ccc(N(C)C(=O)c2ccc(NC(C)=O)cc2)cc1OC. The van der Waals surface area contributed by atoms with Crippen LogP contribution in [-0.2, 0) is 4.79 Å². The molecule has 0 heterocycles. The third-order valence-corrected chi connectivity index (χ3v) is 3.51. The van der Waals surface area contributed by atoms with Crippen LogP contribution in [0.3, 0.4) is 0 Å². The van der Waals surface area contributed by atoms with Gasteiger partial charge in [-0.1, -0.05) is 0 Å².